The van der Waals surface area contributed by atoms with E-state index in [-0.39, 0.29) is 17.7 Å². The van der Waals surface area contributed by atoms with Crippen molar-refractivity contribution >= 4 is 29.1 Å². The minimum atomic E-state index is -0.239. The highest BCUT2D eigenvalue weighted by Gasteiger charge is 2.23. The molecule has 1 aliphatic rings. The van der Waals surface area contributed by atoms with Gasteiger partial charge in [0.15, 0.2) is 0 Å². The van der Waals surface area contributed by atoms with Crippen molar-refractivity contribution in [3.63, 3.8) is 0 Å². The molecule has 0 spiro atoms. The third-order valence-electron chi connectivity index (χ3n) is 4.40. The summed E-state index contributed by atoms with van der Waals surface area (Å²) in [7, 11) is 0. The Morgan fingerprint density at radius 3 is 2.60 bits per heavy atom. The molecule has 0 bridgehead atoms. The van der Waals surface area contributed by atoms with E-state index >= 15 is 0 Å². The zero-order valence-electron chi connectivity index (χ0n) is 14.4. The molecule has 5 heteroatoms. The van der Waals surface area contributed by atoms with Crippen LogP contribution in [0.25, 0.3) is 0 Å². The molecule has 0 saturated carbocycles. The minimum Gasteiger partial charge on any atom is -0.338 e. The Labute approximate surface area is 152 Å². The highest BCUT2D eigenvalue weighted by Crippen LogP contribution is 2.24. The van der Waals surface area contributed by atoms with E-state index < -0.39 is 0 Å². The van der Waals surface area contributed by atoms with Crippen molar-refractivity contribution in [2.24, 2.45) is 5.92 Å². The number of nitrogens with one attached hydrogen (secondary N) is 1. The molecule has 3 rings (SSSR count). The molecule has 0 fully saturated rings. The maximum absolute atomic E-state index is 12.4. The van der Waals surface area contributed by atoms with E-state index in [9.17, 15) is 9.59 Å². The van der Waals surface area contributed by atoms with Gasteiger partial charge < -0.3 is 10.2 Å². The van der Waals surface area contributed by atoms with Crippen molar-refractivity contribution in [3.05, 3.63) is 64.2 Å². The van der Waals surface area contributed by atoms with Crippen LogP contribution in [0.1, 0.15) is 35.3 Å². The minimum absolute atomic E-state index is 0.00958. The monoisotopic (exact) mass is 356 g/mol. The van der Waals surface area contributed by atoms with Crippen molar-refractivity contribution in [3.8, 4) is 0 Å². The van der Waals surface area contributed by atoms with Crippen LogP contribution in [0.2, 0.25) is 5.02 Å². The Balaban J connectivity index is 1.77. The quantitative estimate of drug-likeness (QED) is 0.898. The molecule has 130 valence electrons. The van der Waals surface area contributed by atoms with E-state index in [1.54, 1.807) is 24.3 Å². The molecule has 1 N–H and O–H groups in total. The summed E-state index contributed by atoms with van der Waals surface area (Å²) >= 11 is 6.08. The Morgan fingerprint density at radius 2 is 1.88 bits per heavy atom. The summed E-state index contributed by atoms with van der Waals surface area (Å²) in [6.45, 7) is 5.16. The summed E-state index contributed by atoms with van der Waals surface area (Å²) in [5.41, 5.74) is 3.46. The van der Waals surface area contributed by atoms with Gasteiger partial charge in [0.25, 0.3) is 5.91 Å². The number of hydrogen-bond donors (Lipinski definition) is 1. The zero-order valence-corrected chi connectivity index (χ0v) is 15.1. The van der Waals surface area contributed by atoms with Gasteiger partial charge in [-0.15, -0.1) is 0 Å². The van der Waals surface area contributed by atoms with Crippen LogP contribution in [0.5, 0.6) is 0 Å². The first-order chi connectivity index (χ1) is 12.0. The van der Waals surface area contributed by atoms with Crippen LogP contribution in [-0.4, -0.2) is 23.3 Å². The number of halogens is 1. The molecule has 4 nitrogen and oxygen atoms in total. The number of hydrogen-bond acceptors (Lipinski definition) is 2. The number of carbonyl (C=O) groups is 2. The van der Waals surface area contributed by atoms with Crippen molar-refractivity contribution in [2.45, 2.75) is 26.8 Å². The summed E-state index contributed by atoms with van der Waals surface area (Å²) in [5.74, 6) is -0.0858. The normalized spacial score (nSPS) is 13.5. The Bertz CT molecular complexity index is 817. The van der Waals surface area contributed by atoms with Gasteiger partial charge in [-0.2, -0.15) is 0 Å². The molecule has 0 atom stereocenters. The molecule has 0 aromatic heterocycles. The second-order valence-electron chi connectivity index (χ2n) is 6.58. The molecule has 25 heavy (non-hydrogen) atoms. The molecule has 1 aliphatic heterocycles. The predicted octanol–water partition coefficient (Wildman–Crippen LogP) is 4.13. The van der Waals surface area contributed by atoms with Crippen LogP contribution < -0.4 is 5.32 Å². The van der Waals surface area contributed by atoms with Crippen LogP contribution in [0.15, 0.2) is 42.5 Å². The molecular weight excluding hydrogens is 336 g/mol. The lowest BCUT2D eigenvalue weighted by atomic mass is 9.98. The summed E-state index contributed by atoms with van der Waals surface area (Å²) in [4.78, 5) is 26.5. The zero-order chi connectivity index (χ0) is 18.0. The first kappa shape index (κ1) is 17.5. The van der Waals surface area contributed by atoms with Gasteiger partial charge >= 0.3 is 0 Å². The van der Waals surface area contributed by atoms with Gasteiger partial charge in [0.05, 0.1) is 10.6 Å². The molecular formula is C20H21ClN2O2. The van der Waals surface area contributed by atoms with Crippen LogP contribution in [0.3, 0.4) is 0 Å². The van der Waals surface area contributed by atoms with Crippen molar-refractivity contribution in [1.82, 2.24) is 4.90 Å². The van der Waals surface area contributed by atoms with Gasteiger partial charge in [-0.3, -0.25) is 9.59 Å². The van der Waals surface area contributed by atoms with Crippen LogP contribution in [-0.2, 0) is 17.8 Å². The second kappa shape index (κ2) is 7.28. The molecule has 2 aromatic rings. The molecule has 0 radical (unpaired) electrons. The largest absolute Gasteiger partial charge is 0.338 e. The average molecular weight is 357 g/mol. The average Bonchev–Trinajstić information content (AvgIpc) is 2.60. The van der Waals surface area contributed by atoms with E-state index in [4.69, 9.17) is 11.6 Å². The van der Waals surface area contributed by atoms with Gasteiger partial charge in [0, 0.05) is 24.7 Å². The van der Waals surface area contributed by atoms with E-state index in [1.807, 2.05) is 36.9 Å². The number of rotatable bonds is 3. The smallest absolute Gasteiger partial charge is 0.257 e. The van der Waals surface area contributed by atoms with E-state index in [0.29, 0.717) is 22.8 Å². The number of benzene rings is 2. The molecule has 2 aromatic carbocycles. The van der Waals surface area contributed by atoms with Gasteiger partial charge in [0.2, 0.25) is 5.91 Å². The summed E-state index contributed by atoms with van der Waals surface area (Å²) in [6, 6.07) is 12.8. The molecule has 0 unspecified atom stereocenters. The highest BCUT2D eigenvalue weighted by atomic mass is 35.5. The van der Waals surface area contributed by atoms with E-state index in [0.717, 1.165) is 18.5 Å². The van der Waals surface area contributed by atoms with Crippen molar-refractivity contribution in [2.75, 3.05) is 11.9 Å². The second-order valence-corrected chi connectivity index (χ2v) is 6.99. The van der Waals surface area contributed by atoms with Gasteiger partial charge in [-0.1, -0.05) is 43.6 Å². The van der Waals surface area contributed by atoms with E-state index in [2.05, 4.69) is 5.32 Å². The Morgan fingerprint density at radius 1 is 1.12 bits per heavy atom. The third kappa shape index (κ3) is 3.85. The fourth-order valence-electron chi connectivity index (χ4n) is 3.03. The van der Waals surface area contributed by atoms with Gasteiger partial charge in [0.1, 0.15) is 0 Å². The molecule has 0 aliphatic carbocycles. The first-order valence-corrected chi connectivity index (χ1v) is 8.80. The predicted molar refractivity (Wildman–Crippen MR) is 99.8 cm³/mol. The first-order valence-electron chi connectivity index (χ1n) is 8.42. The fourth-order valence-corrected chi connectivity index (χ4v) is 3.25. The highest BCUT2D eigenvalue weighted by molar-refractivity contribution is 6.34. The lowest BCUT2D eigenvalue weighted by molar-refractivity contribution is -0.135. The number of amides is 2. The molecule has 0 saturated heterocycles. The molecule has 1 heterocycles. The van der Waals surface area contributed by atoms with Gasteiger partial charge in [-0.25, -0.2) is 0 Å². The summed E-state index contributed by atoms with van der Waals surface area (Å²) in [5, 5.41) is 3.31. The maximum Gasteiger partial charge on any atom is 0.257 e. The standard InChI is InChI=1S/C20H21ClN2O2/c1-13(2)20(25)23-10-9-14-7-8-16(11-15(14)12-23)22-19(24)17-5-3-4-6-18(17)21/h3-8,11,13H,9-10,12H2,1-2H3,(H,22,24). The van der Waals surface area contributed by atoms with Gasteiger partial charge in [-0.05, 0) is 41.8 Å². The number of anilines is 1. The van der Waals surface area contributed by atoms with E-state index in [1.165, 1.54) is 5.56 Å². The number of nitrogens with zero attached hydrogens (tertiary/aromatic N) is 1. The van der Waals surface area contributed by atoms with Crippen LogP contribution in [0.4, 0.5) is 5.69 Å². The van der Waals surface area contributed by atoms with Crippen LogP contribution >= 0.6 is 11.6 Å². The fraction of sp³-hybridized carbons (Fsp3) is 0.300. The topological polar surface area (TPSA) is 49.4 Å². The number of carbonyl (C=O) groups excluding carboxylic acids is 2. The Kier molecular flexibility index (Phi) is 5.09. The number of fused-ring (bicyclic) bond motifs is 1. The van der Waals surface area contributed by atoms with Crippen molar-refractivity contribution < 1.29 is 9.59 Å². The summed E-state index contributed by atoms with van der Waals surface area (Å²) in [6.07, 6.45) is 0.840. The molecule has 2 amide bonds. The lowest BCUT2D eigenvalue weighted by Gasteiger charge is -2.30. The van der Waals surface area contributed by atoms with Crippen LogP contribution in [0, 0.1) is 5.92 Å². The Hall–Kier alpha value is -2.33. The summed E-state index contributed by atoms with van der Waals surface area (Å²) < 4.78 is 0. The lowest BCUT2D eigenvalue weighted by Crippen LogP contribution is -2.38. The van der Waals surface area contributed by atoms with Crippen molar-refractivity contribution in [1.29, 1.82) is 0 Å². The maximum atomic E-state index is 12.4. The third-order valence-corrected chi connectivity index (χ3v) is 4.73. The SMILES string of the molecule is CC(C)C(=O)N1CCc2ccc(NC(=O)c3ccccc3Cl)cc2C1.